The van der Waals surface area contributed by atoms with E-state index in [4.69, 9.17) is 9.47 Å². The molecule has 0 radical (unpaired) electrons. The first-order valence-electron chi connectivity index (χ1n) is 9.15. The highest BCUT2D eigenvalue weighted by Crippen LogP contribution is 2.26. The lowest BCUT2D eigenvalue weighted by atomic mass is 9.96. The maximum atomic E-state index is 11.2. The molecule has 1 aromatic heterocycles. The van der Waals surface area contributed by atoms with Gasteiger partial charge in [-0.25, -0.2) is 4.98 Å². The van der Waals surface area contributed by atoms with E-state index in [1.165, 1.54) is 5.56 Å². The second kappa shape index (κ2) is 8.21. The normalized spacial score (nSPS) is 15.3. The van der Waals surface area contributed by atoms with Gasteiger partial charge in [0.1, 0.15) is 29.2 Å². The number of hydrogen-bond acceptors (Lipinski definition) is 5. The van der Waals surface area contributed by atoms with Crippen LogP contribution in [0.1, 0.15) is 38.7 Å². The molecule has 5 nitrogen and oxygen atoms in total. The van der Waals surface area contributed by atoms with Crippen molar-refractivity contribution in [2.75, 3.05) is 24.6 Å². The minimum atomic E-state index is 0.170. The van der Waals surface area contributed by atoms with Crippen molar-refractivity contribution in [2.45, 2.75) is 39.2 Å². The van der Waals surface area contributed by atoms with Gasteiger partial charge in [-0.2, -0.15) is 0 Å². The molecule has 26 heavy (non-hydrogen) atoms. The fourth-order valence-corrected chi connectivity index (χ4v) is 3.13. The van der Waals surface area contributed by atoms with E-state index in [1.807, 2.05) is 43.3 Å². The SMILES string of the molecule is CCOc1ccc(N2CC(Oc3ccc([C@H](C)CC(C)=O)cc3)C2)nc1. The molecule has 3 rings (SSSR count). The zero-order valence-electron chi connectivity index (χ0n) is 15.6. The highest BCUT2D eigenvalue weighted by Gasteiger charge is 2.29. The number of hydrogen-bond donors (Lipinski definition) is 0. The van der Waals surface area contributed by atoms with E-state index in [1.54, 1.807) is 13.1 Å². The van der Waals surface area contributed by atoms with Crippen LogP contribution in [0.4, 0.5) is 5.82 Å². The van der Waals surface area contributed by atoms with Crippen LogP contribution in [0.5, 0.6) is 11.5 Å². The maximum absolute atomic E-state index is 11.2. The molecule has 0 spiro atoms. The lowest BCUT2D eigenvalue weighted by Crippen LogP contribution is -2.54. The Bertz CT molecular complexity index is 722. The van der Waals surface area contributed by atoms with Gasteiger partial charge in [0.2, 0.25) is 0 Å². The number of benzene rings is 1. The van der Waals surface area contributed by atoms with Crippen LogP contribution in [-0.4, -0.2) is 36.6 Å². The zero-order chi connectivity index (χ0) is 18.5. The largest absolute Gasteiger partial charge is 0.492 e. The molecule has 5 heteroatoms. The van der Waals surface area contributed by atoms with E-state index >= 15 is 0 Å². The highest BCUT2D eigenvalue weighted by molar-refractivity contribution is 5.76. The van der Waals surface area contributed by atoms with Crippen molar-refractivity contribution in [1.29, 1.82) is 0 Å². The molecule has 1 fully saturated rings. The Morgan fingerprint density at radius 2 is 1.88 bits per heavy atom. The van der Waals surface area contributed by atoms with Gasteiger partial charge in [0.05, 0.1) is 25.9 Å². The standard InChI is InChI=1S/C21H26N2O3/c1-4-25-19-9-10-21(22-12-19)23-13-20(14-23)26-18-7-5-17(6-8-18)15(2)11-16(3)24/h5-10,12,15,20H,4,11,13-14H2,1-3H3/t15-/m1/s1. The summed E-state index contributed by atoms with van der Waals surface area (Å²) in [4.78, 5) is 17.9. The van der Waals surface area contributed by atoms with Gasteiger partial charge in [0.25, 0.3) is 0 Å². The summed E-state index contributed by atoms with van der Waals surface area (Å²) in [7, 11) is 0. The van der Waals surface area contributed by atoms with Crippen molar-refractivity contribution >= 4 is 11.6 Å². The number of anilines is 1. The molecule has 1 atom stereocenters. The summed E-state index contributed by atoms with van der Waals surface area (Å²) in [5.41, 5.74) is 1.17. The van der Waals surface area contributed by atoms with Crippen LogP contribution in [0.2, 0.25) is 0 Å². The highest BCUT2D eigenvalue weighted by atomic mass is 16.5. The Balaban J connectivity index is 1.48. The summed E-state index contributed by atoms with van der Waals surface area (Å²) in [6, 6.07) is 12.0. The molecule has 1 saturated heterocycles. The van der Waals surface area contributed by atoms with Gasteiger partial charge in [0, 0.05) is 6.42 Å². The van der Waals surface area contributed by atoms with Crippen molar-refractivity contribution in [1.82, 2.24) is 4.98 Å². The average Bonchev–Trinajstić information content (AvgIpc) is 2.59. The van der Waals surface area contributed by atoms with E-state index in [9.17, 15) is 4.79 Å². The Morgan fingerprint density at radius 3 is 2.46 bits per heavy atom. The van der Waals surface area contributed by atoms with Gasteiger partial charge in [-0.05, 0) is 49.6 Å². The first-order valence-corrected chi connectivity index (χ1v) is 9.15. The second-order valence-electron chi connectivity index (χ2n) is 6.81. The molecule has 0 aliphatic carbocycles. The van der Waals surface area contributed by atoms with E-state index in [0.717, 1.165) is 30.4 Å². The molecule has 0 N–H and O–H groups in total. The molecule has 2 aromatic rings. The molecule has 2 heterocycles. The van der Waals surface area contributed by atoms with E-state index in [0.29, 0.717) is 13.0 Å². The molecular formula is C21H26N2O3. The lowest BCUT2D eigenvalue weighted by molar-refractivity contribution is -0.117. The van der Waals surface area contributed by atoms with Gasteiger partial charge in [0.15, 0.2) is 0 Å². The predicted octanol–water partition coefficient (Wildman–Crippen LogP) is 3.83. The number of aromatic nitrogens is 1. The molecule has 0 unspecified atom stereocenters. The maximum Gasteiger partial charge on any atom is 0.137 e. The first kappa shape index (κ1) is 18.2. The average molecular weight is 354 g/mol. The predicted molar refractivity (Wildman–Crippen MR) is 102 cm³/mol. The number of ketones is 1. The van der Waals surface area contributed by atoms with Gasteiger partial charge in [-0.3, -0.25) is 0 Å². The van der Waals surface area contributed by atoms with Gasteiger partial charge in [-0.1, -0.05) is 19.1 Å². The summed E-state index contributed by atoms with van der Waals surface area (Å²) in [6.07, 6.45) is 2.50. The van der Waals surface area contributed by atoms with Crippen LogP contribution in [0.15, 0.2) is 42.6 Å². The number of ether oxygens (including phenoxy) is 2. The topological polar surface area (TPSA) is 51.7 Å². The number of rotatable bonds is 8. The minimum absolute atomic E-state index is 0.170. The summed E-state index contributed by atoms with van der Waals surface area (Å²) in [5, 5.41) is 0. The third-order valence-corrected chi connectivity index (χ3v) is 4.55. The van der Waals surface area contributed by atoms with E-state index in [-0.39, 0.29) is 17.8 Å². The van der Waals surface area contributed by atoms with Crippen molar-refractivity contribution in [3.05, 3.63) is 48.2 Å². The van der Waals surface area contributed by atoms with Crippen LogP contribution in [0.3, 0.4) is 0 Å². The number of carbonyl (C=O) groups excluding carboxylic acids is 1. The Labute approximate surface area is 155 Å². The Kier molecular flexibility index (Phi) is 5.76. The summed E-state index contributed by atoms with van der Waals surface area (Å²) < 4.78 is 11.4. The summed E-state index contributed by atoms with van der Waals surface area (Å²) in [5.74, 6) is 3.07. The van der Waals surface area contributed by atoms with Crippen LogP contribution in [0, 0.1) is 0 Å². The first-order chi connectivity index (χ1) is 12.5. The summed E-state index contributed by atoms with van der Waals surface area (Å²) >= 11 is 0. The number of nitrogens with zero attached hydrogens (tertiary/aromatic N) is 2. The van der Waals surface area contributed by atoms with Crippen LogP contribution in [-0.2, 0) is 4.79 Å². The fraction of sp³-hybridized carbons (Fsp3) is 0.429. The number of Topliss-reactive ketones (excluding diaryl/α,β-unsaturated/α-hetero) is 1. The van der Waals surface area contributed by atoms with E-state index < -0.39 is 0 Å². The molecule has 1 aliphatic rings. The molecule has 138 valence electrons. The number of carbonyl (C=O) groups is 1. The van der Waals surface area contributed by atoms with E-state index in [2.05, 4.69) is 16.8 Å². The molecular weight excluding hydrogens is 328 g/mol. The van der Waals surface area contributed by atoms with Gasteiger partial charge >= 0.3 is 0 Å². The molecule has 1 aliphatic heterocycles. The third kappa shape index (κ3) is 4.54. The second-order valence-corrected chi connectivity index (χ2v) is 6.81. The lowest BCUT2D eigenvalue weighted by Gasteiger charge is -2.39. The van der Waals surface area contributed by atoms with Crippen LogP contribution in [0.25, 0.3) is 0 Å². The van der Waals surface area contributed by atoms with Crippen LogP contribution >= 0.6 is 0 Å². The molecule has 0 amide bonds. The molecule has 0 bridgehead atoms. The monoisotopic (exact) mass is 354 g/mol. The van der Waals surface area contributed by atoms with Crippen LogP contribution < -0.4 is 14.4 Å². The Hall–Kier alpha value is -2.56. The third-order valence-electron chi connectivity index (χ3n) is 4.55. The number of pyridine rings is 1. The van der Waals surface area contributed by atoms with Crippen molar-refractivity contribution in [3.63, 3.8) is 0 Å². The smallest absolute Gasteiger partial charge is 0.137 e. The molecule has 0 saturated carbocycles. The van der Waals surface area contributed by atoms with Gasteiger partial charge in [-0.15, -0.1) is 0 Å². The zero-order valence-corrected chi connectivity index (χ0v) is 15.6. The Morgan fingerprint density at radius 1 is 1.19 bits per heavy atom. The quantitative estimate of drug-likeness (QED) is 0.721. The van der Waals surface area contributed by atoms with Gasteiger partial charge < -0.3 is 19.2 Å². The van der Waals surface area contributed by atoms with Crippen molar-refractivity contribution < 1.29 is 14.3 Å². The van der Waals surface area contributed by atoms with Crippen molar-refractivity contribution in [2.24, 2.45) is 0 Å². The fourth-order valence-electron chi connectivity index (χ4n) is 3.13. The van der Waals surface area contributed by atoms with Crippen molar-refractivity contribution in [3.8, 4) is 11.5 Å². The minimum Gasteiger partial charge on any atom is -0.492 e. The summed E-state index contributed by atoms with van der Waals surface area (Å²) in [6.45, 7) is 7.96. The molecule has 1 aromatic carbocycles.